The van der Waals surface area contributed by atoms with Crippen LogP contribution in [0.15, 0.2) is 42.5 Å². The maximum Gasteiger partial charge on any atom is 0.339 e. The van der Waals surface area contributed by atoms with Crippen molar-refractivity contribution in [2.45, 2.75) is 0 Å². The Morgan fingerprint density at radius 2 is 1.26 bits per heavy atom. The van der Waals surface area contributed by atoms with Crippen molar-refractivity contribution in [3.63, 3.8) is 0 Å². The summed E-state index contributed by atoms with van der Waals surface area (Å²) < 4.78 is 0. The number of carboxylic acids is 2. The summed E-state index contributed by atoms with van der Waals surface area (Å²) in [5.74, 6) is -2.86. The topological polar surface area (TPSA) is 94.8 Å². The van der Waals surface area contributed by atoms with E-state index in [0.717, 1.165) is 0 Å². The molecule has 0 atom stereocenters. The van der Waals surface area contributed by atoms with Gasteiger partial charge in [-0.05, 0) is 17.7 Å². The monoisotopic (exact) mass is 258 g/mol. The summed E-state index contributed by atoms with van der Waals surface area (Å²) in [5.41, 5.74) is 0.187. The molecule has 0 aliphatic carbocycles. The summed E-state index contributed by atoms with van der Waals surface area (Å²) in [6.07, 6.45) is 0. The highest BCUT2D eigenvalue weighted by Crippen LogP contribution is 2.34. The van der Waals surface area contributed by atoms with E-state index < -0.39 is 17.7 Å². The second kappa shape index (κ2) is 4.81. The van der Waals surface area contributed by atoms with E-state index in [1.807, 2.05) is 0 Å². The normalized spacial score (nSPS) is 10.1. The number of aromatic carboxylic acids is 2. The quantitative estimate of drug-likeness (QED) is 0.786. The van der Waals surface area contributed by atoms with Crippen molar-refractivity contribution >= 4 is 11.9 Å². The van der Waals surface area contributed by atoms with Crippen LogP contribution in [0.5, 0.6) is 5.75 Å². The Labute approximate surface area is 108 Å². The molecule has 0 saturated heterocycles. The summed E-state index contributed by atoms with van der Waals surface area (Å²) >= 11 is 0. The average Bonchev–Trinajstić information content (AvgIpc) is 2.38. The summed E-state index contributed by atoms with van der Waals surface area (Å²) in [7, 11) is 0. The minimum Gasteiger partial charge on any atom is -0.506 e. The van der Waals surface area contributed by atoms with Crippen LogP contribution in [0.25, 0.3) is 11.1 Å². The molecule has 0 amide bonds. The van der Waals surface area contributed by atoms with E-state index in [-0.39, 0.29) is 22.3 Å². The number of carboxylic acid groups (broad SMARTS) is 2. The Kier molecular flexibility index (Phi) is 3.20. The van der Waals surface area contributed by atoms with Gasteiger partial charge in [0.25, 0.3) is 0 Å². The van der Waals surface area contributed by atoms with Crippen LogP contribution < -0.4 is 0 Å². The largest absolute Gasteiger partial charge is 0.506 e. The number of phenols is 1. The van der Waals surface area contributed by atoms with Gasteiger partial charge in [0, 0.05) is 5.56 Å². The summed E-state index contributed by atoms with van der Waals surface area (Å²) in [6, 6.07) is 10.3. The summed E-state index contributed by atoms with van der Waals surface area (Å²) in [4.78, 5) is 22.1. The fourth-order valence-corrected chi connectivity index (χ4v) is 1.84. The van der Waals surface area contributed by atoms with Gasteiger partial charge in [-0.25, -0.2) is 9.59 Å². The number of para-hydroxylation sites is 1. The molecule has 2 rings (SSSR count). The number of rotatable bonds is 3. The van der Waals surface area contributed by atoms with Crippen LogP contribution in [0, 0.1) is 0 Å². The second-order valence-electron chi connectivity index (χ2n) is 3.86. The predicted octanol–water partition coefficient (Wildman–Crippen LogP) is 2.46. The van der Waals surface area contributed by atoms with E-state index in [0.29, 0.717) is 0 Å². The number of carbonyl (C=O) groups is 2. The van der Waals surface area contributed by atoms with Crippen molar-refractivity contribution in [2.24, 2.45) is 0 Å². The molecule has 0 radical (unpaired) electrons. The number of benzene rings is 2. The van der Waals surface area contributed by atoms with E-state index in [4.69, 9.17) is 10.2 Å². The lowest BCUT2D eigenvalue weighted by molar-refractivity contribution is 0.0685. The van der Waals surface area contributed by atoms with E-state index in [1.54, 1.807) is 12.1 Å². The highest BCUT2D eigenvalue weighted by atomic mass is 16.4. The third-order valence-electron chi connectivity index (χ3n) is 2.71. The highest BCUT2D eigenvalue weighted by molar-refractivity contribution is 5.99. The van der Waals surface area contributed by atoms with Gasteiger partial charge >= 0.3 is 11.9 Å². The van der Waals surface area contributed by atoms with E-state index in [2.05, 4.69) is 0 Å². The van der Waals surface area contributed by atoms with Crippen molar-refractivity contribution in [1.29, 1.82) is 0 Å². The Morgan fingerprint density at radius 3 is 1.89 bits per heavy atom. The first-order valence-corrected chi connectivity index (χ1v) is 5.40. The standard InChI is InChI=1S/C14H10O5/c15-12-9(6-3-7-11(12)14(18)19)8-4-1-2-5-10(8)13(16)17/h1-7,15H,(H,16,17)(H,18,19). The molecule has 0 spiro atoms. The molecule has 0 heterocycles. The summed E-state index contributed by atoms with van der Waals surface area (Å²) in [6.45, 7) is 0. The van der Waals surface area contributed by atoms with E-state index in [9.17, 15) is 14.7 Å². The second-order valence-corrected chi connectivity index (χ2v) is 3.86. The Balaban J connectivity index is 2.70. The van der Waals surface area contributed by atoms with Gasteiger partial charge in [0.05, 0.1) is 5.56 Å². The smallest absolute Gasteiger partial charge is 0.339 e. The van der Waals surface area contributed by atoms with Gasteiger partial charge in [0.15, 0.2) is 0 Å². The molecule has 2 aromatic rings. The average molecular weight is 258 g/mol. The van der Waals surface area contributed by atoms with Crippen LogP contribution in [0.1, 0.15) is 20.7 Å². The molecule has 0 fully saturated rings. The summed E-state index contributed by atoms with van der Waals surface area (Å²) in [5, 5.41) is 28.0. The highest BCUT2D eigenvalue weighted by Gasteiger charge is 2.18. The fourth-order valence-electron chi connectivity index (χ4n) is 1.84. The van der Waals surface area contributed by atoms with Gasteiger partial charge < -0.3 is 15.3 Å². The zero-order chi connectivity index (χ0) is 14.0. The van der Waals surface area contributed by atoms with Crippen LogP contribution in [-0.4, -0.2) is 27.3 Å². The van der Waals surface area contributed by atoms with Gasteiger partial charge in [-0.1, -0.05) is 30.3 Å². The van der Waals surface area contributed by atoms with Gasteiger partial charge in [-0.2, -0.15) is 0 Å². The molecule has 0 bridgehead atoms. The van der Waals surface area contributed by atoms with E-state index >= 15 is 0 Å². The zero-order valence-electron chi connectivity index (χ0n) is 9.70. The van der Waals surface area contributed by atoms with Crippen molar-refractivity contribution in [2.75, 3.05) is 0 Å². The molecule has 96 valence electrons. The minimum atomic E-state index is -1.27. The minimum absolute atomic E-state index is 0.000314. The lowest BCUT2D eigenvalue weighted by Crippen LogP contribution is -2.01. The van der Waals surface area contributed by atoms with Crippen LogP contribution in [-0.2, 0) is 0 Å². The third kappa shape index (κ3) is 2.26. The lowest BCUT2D eigenvalue weighted by atomic mass is 9.97. The third-order valence-corrected chi connectivity index (χ3v) is 2.71. The molecular weight excluding hydrogens is 248 g/mol. The molecule has 2 aromatic carbocycles. The van der Waals surface area contributed by atoms with Crippen molar-refractivity contribution in [3.8, 4) is 16.9 Å². The Bertz CT molecular complexity index is 661. The fraction of sp³-hybridized carbons (Fsp3) is 0. The molecule has 19 heavy (non-hydrogen) atoms. The van der Waals surface area contributed by atoms with Crippen molar-refractivity contribution in [3.05, 3.63) is 53.6 Å². The Morgan fingerprint density at radius 1 is 0.737 bits per heavy atom. The lowest BCUT2D eigenvalue weighted by Gasteiger charge is -2.09. The van der Waals surface area contributed by atoms with Gasteiger partial charge in [0.2, 0.25) is 0 Å². The van der Waals surface area contributed by atoms with Crippen molar-refractivity contribution in [1.82, 2.24) is 0 Å². The maximum atomic E-state index is 11.1. The zero-order valence-corrected chi connectivity index (χ0v) is 9.70. The molecule has 0 saturated carbocycles. The van der Waals surface area contributed by atoms with Crippen LogP contribution in [0.2, 0.25) is 0 Å². The van der Waals surface area contributed by atoms with Crippen LogP contribution >= 0.6 is 0 Å². The van der Waals surface area contributed by atoms with Gasteiger partial charge in [0.1, 0.15) is 11.3 Å². The first kappa shape index (κ1) is 12.6. The molecule has 0 aliphatic heterocycles. The van der Waals surface area contributed by atoms with Crippen molar-refractivity contribution < 1.29 is 24.9 Å². The molecule has 0 aromatic heterocycles. The molecular formula is C14H10O5. The predicted molar refractivity (Wildman–Crippen MR) is 67.5 cm³/mol. The van der Waals surface area contributed by atoms with Crippen LogP contribution in [0.3, 0.4) is 0 Å². The molecule has 0 aliphatic rings. The van der Waals surface area contributed by atoms with E-state index in [1.165, 1.54) is 30.3 Å². The maximum absolute atomic E-state index is 11.1. The first-order valence-electron chi connectivity index (χ1n) is 5.40. The first-order chi connectivity index (χ1) is 9.02. The number of hydrogen-bond donors (Lipinski definition) is 3. The SMILES string of the molecule is O=C(O)c1ccccc1-c1cccc(C(=O)O)c1O. The number of hydrogen-bond acceptors (Lipinski definition) is 3. The van der Waals surface area contributed by atoms with Crippen LogP contribution in [0.4, 0.5) is 0 Å². The molecule has 0 unspecified atom stereocenters. The Hall–Kier alpha value is -2.82. The number of aromatic hydroxyl groups is 1. The molecule has 5 heteroatoms. The molecule has 5 nitrogen and oxygen atoms in total. The molecule has 3 N–H and O–H groups in total. The van der Waals surface area contributed by atoms with Gasteiger partial charge in [-0.3, -0.25) is 0 Å². The van der Waals surface area contributed by atoms with Gasteiger partial charge in [-0.15, -0.1) is 0 Å².